The van der Waals surface area contributed by atoms with Crippen molar-refractivity contribution in [2.75, 3.05) is 5.75 Å². The molecular formula is C13H11F4N3O2S. The van der Waals surface area contributed by atoms with Gasteiger partial charge in [0.05, 0.1) is 6.04 Å². The van der Waals surface area contributed by atoms with E-state index >= 15 is 0 Å². The highest BCUT2D eigenvalue weighted by atomic mass is 32.2. The number of hydrogen-bond acceptors (Lipinski definition) is 4. The second-order valence-electron chi connectivity index (χ2n) is 5.20. The minimum absolute atomic E-state index is 0.0128. The predicted molar refractivity (Wildman–Crippen MR) is 71.2 cm³/mol. The van der Waals surface area contributed by atoms with Crippen LogP contribution in [0, 0.1) is 0 Å². The largest absolute Gasteiger partial charge is 0.403 e. The number of halogens is 4. The third-order valence-electron chi connectivity index (χ3n) is 3.46. The summed E-state index contributed by atoms with van der Waals surface area (Å²) >= 11 is 0. The van der Waals surface area contributed by atoms with E-state index in [0.29, 0.717) is 5.56 Å². The van der Waals surface area contributed by atoms with Gasteiger partial charge in [0.25, 0.3) is 5.16 Å². The minimum Gasteiger partial charge on any atom is -0.239 e. The number of aromatic nitrogens is 3. The van der Waals surface area contributed by atoms with Gasteiger partial charge in [-0.05, 0) is 5.56 Å². The van der Waals surface area contributed by atoms with E-state index in [0.717, 1.165) is 4.68 Å². The Labute approximate surface area is 128 Å². The first-order valence-electron chi connectivity index (χ1n) is 6.62. The number of benzene rings is 1. The lowest BCUT2D eigenvalue weighted by molar-refractivity contribution is -0.106. The van der Waals surface area contributed by atoms with Crippen LogP contribution in [-0.2, 0) is 9.84 Å². The zero-order valence-corrected chi connectivity index (χ0v) is 12.4. The fourth-order valence-corrected chi connectivity index (χ4v) is 3.53. The van der Waals surface area contributed by atoms with Gasteiger partial charge >= 0.3 is 6.18 Å². The van der Waals surface area contributed by atoms with Crippen LogP contribution >= 0.6 is 0 Å². The maximum Gasteiger partial charge on any atom is 0.403 e. The number of hydrogen-bond donors (Lipinski definition) is 0. The predicted octanol–water partition coefficient (Wildman–Crippen LogP) is 2.62. The SMILES string of the molecule is O=S(=O)(CC(F)(F)F)c1nc2n(n1)[C@H](c1ccccc1)C[C@@H]2F. The monoisotopic (exact) mass is 349 g/mol. The van der Waals surface area contributed by atoms with Crippen molar-refractivity contribution in [2.24, 2.45) is 0 Å². The minimum atomic E-state index is -4.91. The van der Waals surface area contributed by atoms with Crippen molar-refractivity contribution in [3.05, 3.63) is 41.7 Å². The van der Waals surface area contributed by atoms with Crippen molar-refractivity contribution < 1.29 is 26.0 Å². The average Bonchev–Trinajstić information content (AvgIpc) is 2.99. The molecule has 0 radical (unpaired) electrons. The summed E-state index contributed by atoms with van der Waals surface area (Å²) in [6.07, 6.45) is -6.48. The van der Waals surface area contributed by atoms with E-state index in [1.807, 2.05) is 0 Å². The van der Waals surface area contributed by atoms with Crippen LogP contribution in [0.15, 0.2) is 35.5 Å². The number of fused-ring (bicyclic) bond motifs is 1. The average molecular weight is 349 g/mol. The summed E-state index contributed by atoms with van der Waals surface area (Å²) in [5.74, 6) is -2.34. The molecule has 1 aromatic carbocycles. The normalized spacial score (nSPS) is 21.4. The van der Waals surface area contributed by atoms with E-state index in [4.69, 9.17) is 0 Å². The van der Waals surface area contributed by atoms with Gasteiger partial charge in [-0.2, -0.15) is 18.2 Å². The molecule has 0 spiro atoms. The summed E-state index contributed by atoms with van der Waals surface area (Å²) in [5, 5.41) is 2.64. The second-order valence-corrected chi connectivity index (χ2v) is 7.08. The molecule has 0 aliphatic carbocycles. The molecule has 0 unspecified atom stereocenters. The highest BCUT2D eigenvalue weighted by Gasteiger charge is 2.41. The number of alkyl halides is 4. The quantitative estimate of drug-likeness (QED) is 0.799. The van der Waals surface area contributed by atoms with Crippen molar-refractivity contribution in [3.63, 3.8) is 0 Å². The maximum atomic E-state index is 14.1. The highest BCUT2D eigenvalue weighted by molar-refractivity contribution is 7.91. The zero-order valence-electron chi connectivity index (χ0n) is 11.5. The number of rotatable bonds is 3. The first-order valence-corrected chi connectivity index (χ1v) is 8.27. The smallest absolute Gasteiger partial charge is 0.239 e. The van der Waals surface area contributed by atoms with Crippen LogP contribution < -0.4 is 0 Å². The Bertz CT molecular complexity index is 817. The van der Waals surface area contributed by atoms with Gasteiger partial charge in [0.2, 0.25) is 9.84 Å². The summed E-state index contributed by atoms with van der Waals surface area (Å²) in [6.45, 7) is 0. The fourth-order valence-electron chi connectivity index (χ4n) is 2.52. The number of nitrogens with zero attached hydrogens (tertiary/aromatic N) is 3. The Morgan fingerprint density at radius 1 is 1.22 bits per heavy atom. The van der Waals surface area contributed by atoms with Crippen LogP contribution in [-0.4, -0.2) is 35.1 Å². The molecule has 0 saturated heterocycles. The first-order chi connectivity index (χ1) is 10.7. The molecule has 1 aromatic heterocycles. The van der Waals surface area contributed by atoms with Crippen molar-refractivity contribution >= 4 is 9.84 Å². The maximum absolute atomic E-state index is 14.1. The number of sulfone groups is 1. The van der Waals surface area contributed by atoms with E-state index < -0.39 is 39.1 Å². The van der Waals surface area contributed by atoms with Crippen molar-refractivity contribution in [2.45, 2.75) is 30.0 Å². The molecule has 10 heteroatoms. The van der Waals surface area contributed by atoms with Gasteiger partial charge < -0.3 is 0 Å². The Morgan fingerprint density at radius 2 is 1.87 bits per heavy atom. The van der Waals surface area contributed by atoms with Gasteiger partial charge in [0.15, 0.2) is 17.7 Å². The molecule has 0 fully saturated rings. The molecule has 1 aliphatic heterocycles. The van der Waals surface area contributed by atoms with E-state index in [1.165, 1.54) is 0 Å². The van der Waals surface area contributed by atoms with Crippen LogP contribution in [0.4, 0.5) is 17.6 Å². The van der Waals surface area contributed by atoms with E-state index in [2.05, 4.69) is 10.1 Å². The molecule has 5 nitrogen and oxygen atoms in total. The lowest BCUT2D eigenvalue weighted by Gasteiger charge is -2.11. The third-order valence-corrected chi connectivity index (χ3v) is 4.90. The molecule has 0 saturated carbocycles. The standard InChI is InChI=1S/C13H11F4N3O2S/c14-9-6-10(8-4-2-1-3-5-8)20-11(9)18-12(19-20)23(21,22)7-13(15,16)17/h1-5,9-10H,6-7H2/t9-,10-/m0/s1. The molecule has 2 aromatic rings. The molecule has 2 atom stereocenters. The van der Waals surface area contributed by atoms with Gasteiger partial charge in [-0.1, -0.05) is 30.3 Å². The second kappa shape index (κ2) is 5.29. The zero-order chi connectivity index (χ0) is 16.8. The Balaban J connectivity index is 2.00. The Morgan fingerprint density at radius 3 is 2.48 bits per heavy atom. The molecule has 0 amide bonds. The van der Waals surface area contributed by atoms with Gasteiger partial charge in [0, 0.05) is 6.42 Å². The third kappa shape index (κ3) is 3.07. The lowest BCUT2D eigenvalue weighted by atomic mass is 10.0. The Hall–Kier alpha value is -1.97. The van der Waals surface area contributed by atoms with Crippen LogP contribution in [0.2, 0.25) is 0 Å². The summed E-state index contributed by atoms with van der Waals surface area (Å²) < 4.78 is 75.6. The van der Waals surface area contributed by atoms with Gasteiger partial charge in [-0.15, -0.1) is 5.10 Å². The molecule has 2 heterocycles. The summed E-state index contributed by atoms with van der Waals surface area (Å²) in [7, 11) is -4.76. The molecular weight excluding hydrogens is 338 g/mol. The van der Waals surface area contributed by atoms with Gasteiger partial charge in [-0.25, -0.2) is 17.5 Å². The van der Waals surface area contributed by atoms with Crippen LogP contribution in [0.25, 0.3) is 0 Å². The first kappa shape index (κ1) is 15.9. The van der Waals surface area contributed by atoms with Gasteiger partial charge in [-0.3, -0.25) is 0 Å². The molecule has 0 N–H and O–H groups in total. The molecule has 1 aliphatic rings. The Kier molecular flexibility index (Phi) is 3.66. The lowest BCUT2D eigenvalue weighted by Crippen LogP contribution is -2.24. The van der Waals surface area contributed by atoms with Crippen molar-refractivity contribution in [1.82, 2.24) is 14.8 Å². The highest BCUT2D eigenvalue weighted by Crippen LogP contribution is 2.39. The topological polar surface area (TPSA) is 64.8 Å². The van der Waals surface area contributed by atoms with Crippen LogP contribution in [0.1, 0.15) is 30.0 Å². The summed E-state index contributed by atoms with van der Waals surface area (Å²) in [4.78, 5) is 3.49. The molecule has 0 bridgehead atoms. The summed E-state index contributed by atoms with van der Waals surface area (Å²) in [5.41, 5.74) is 0.679. The van der Waals surface area contributed by atoms with Crippen LogP contribution in [0.3, 0.4) is 0 Å². The van der Waals surface area contributed by atoms with Crippen molar-refractivity contribution in [3.8, 4) is 0 Å². The van der Waals surface area contributed by atoms with Crippen LogP contribution in [0.5, 0.6) is 0 Å². The van der Waals surface area contributed by atoms with E-state index in [9.17, 15) is 26.0 Å². The van der Waals surface area contributed by atoms with E-state index in [-0.39, 0.29) is 12.2 Å². The van der Waals surface area contributed by atoms with Crippen molar-refractivity contribution in [1.29, 1.82) is 0 Å². The van der Waals surface area contributed by atoms with Gasteiger partial charge in [0.1, 0.15) is 0 Å². The molecule has 23 heavy (non-hydrogen) atoms. The van der Waals surface area contributed by atoms with E-state index in [1.54, 1.807) is 30.3 Å². The summed E-state index contributed by atoms with van der Waals surface area (Å²) in [6, 6.07) is 8.02. The molecule has 124 valence electrons. The fraction of sp³-hybridized carbons (Fsp3) is 0.385. The molecule has 3 rings (SSSR count).